The molecule has 0 aliphatic heterocycles. The minimum absolute atomic E-state index is 0.667. The highest BCUT2D eigenvalue weighted by Gasteiger charge is 2.03. The number of carbonyl (C=O) groups is 1. The monoisotopic (exact) mass is 98.0 g/mol. The Kier molecular flexibility index (Phi) is 1.55. The van der Waals surface area contributed by atoms with Crippen molar-refractivity contribution < 1.29 is 9.90 Å². The second-order valence-electron chi connectivity index (χ2n) is 0.834. The minimum Gasteiger partial charge on any atom is -0.538 e. The molecular formula is C3H2N2O2. The molecule has 0 rings (SSSR count). The van der Waals surface area contributed by atoms with Crippen LogP contribution in [0.5, 0.6) is 0 Å². The van der Waals surface area contributed by atoms with E-state index in [4.69, 9.17) is 5.39 Å². The van der Waals surface area contributed by atoms with Crippen LogP contribution in [0.15, 0.2) is 12.3 Å². The van der Waals surface area contributed by atoms with Crippen LogP contribution in [0.1, 0.15) is 0 Å². The van der Waals surface area contributed by atoms with Gasteiger partial charge in [-0.25, -0.2) is 0 Å². The van der Waals surface area contributed by atoms with Gasteiger partial charge in [-0.15, -0.1) is 0 Å². The molecule has 4 nitrogen and oxygen atoms in total. The fourth-order valence-electron chi connectivity index (χ4n) is 0.0408. The zero-order valence-electron chi connectivity index (χ0n) is 3.42. The summed E-state index contributed by atoms with van der Waals surface area (Å²) in [6.07, 6.45) is 0. The average Bonchev–Trinajstić information content (AvgIpc) is 1.65. The highest BCUT2D eigenvalue weighted by atomic mass is 16.4. The third-order valence-corrected chi connectivity index (χ3v) is 0.356. The van der Waals surface area contributed by atoms with Gasteiger partial charge >= 0.3 is 5.70 Å². The molecule has 0 saturated heterocycles. The summed E-state index contributed by atoms with van der Waals surface area (Å²) >= 11 is 0. The smallest absolute Gasteiger partial charge is 0.400 e. The lowest BCUT2D eigenvalue weighted by atomic mass is 10.5. The molecule has 0 bridgehead atoms. The molecule has 0 aromatic carbocycles. The van der Waals surface area contributed by atoms with E-state index in [0.717, 1.165) is 0 Å². The van der Waals surface area contributed by atoms with Gasteiger partial charge in [0.15, 0.2) is 10.9 Å². The zero-order valence-corrected chi connectivity index (χ0v) is 3.42. The first kappa shape index (κ1) is 5.63. The topological polar surface area (TPSA) is 68.3 Å². The maximum absolute atomic E-state index is 9.47. The molecule has 0 saturated carbocycles. The third-order valence-electron chi connectivity index (χ3n) is 0.356. The minimum atomic E-state index is -1.57. The second kappa shape index (κ2) is 1.92. The highest BCUT2D eigenvalue weighted by Crippen LogP contribution is 1.84. The summed E-state index contributed by atoms with van der Waals surface area (Å²) < 4.78 is 0. The molecule has 0 heterocycles. The van der Waals surface area contributed by atoms with Gasteiger partial charge in [-0.2, -0.15) is 0 Å². The first-order chi connectivity index (χ1) is 3.18. The number of aliphatic carboxylic acids is 1. The Morgan fingerprint density at radius 2 is 2.29 bits per heavy atom. The number of rotatable bonds is 1. The van der Waals surface area contributed by atoms with E-state index >= 15 is 0 Å². The van der Waals surface area contributed by atoms with Crippen LogP contribution < -0.4 is 5.11 Å². The van der Waals surface area contributed by atoms with Gasteiger partial charge in [0, 0.05) is 0 Å². The highest BCUT2D eigenvalue weighted by molar-refractivity contribution is 5.85. The molecule has 7 heavy (non-hydrogen) atoms. The molecule has 0 N–H and O–H groups in total. The van der Waals surface area contributed by atoms with Crippen LogP contribution in [0.25, 0.3) is 4.98 Å². The van der Waals surface area contributed by atoms with Gasteiger partial charge in [0.25, 0.3) is 0 Å². The first-order valence-corrected chi connectivity index (χ1v) is 1.44. The fraction of sp³-hybridized carbons (Fsp3) is 0. The fourth-order valence-corrected chi connectivity index (χ4v) is 0.0408. The number of carbonyl (C=O) groups excluding carboxylic acids is 1. The molecule has 0 radical (unpaired) electrons. The zero-order chi connectivity index (χ0) is 5.86. The molecule has 0 aromatic rings. The van der Waals surface area contributed by atoms with Crippen LogP contribution in [0.3, 0.4) is 0 Å². The summed E-state index contributed by atoms with van der Waals surface area (Å²) in [5.41, 5.74) is -0.667. The lowest BCUT2D eigenvalue weighted by Crippen LogP contribution is -2.22. The van der Waals surface area contributed by atoms with E-state index in [9.17, 15) is 9.90 Å². The normalized spacial score (nSPS) is 6.71. The largest absolute Gasteiger partial charge is 0.538 e. The van der Waals surface area contributed by atoms with E-state index in [0.29, 0.717) is 0 Å². The predicted molar refractivity (Wildman–Crippen MR) is 19.2 cm³/mol. The lowest BCUT2D eigenvalue weighted by Gasteiger charge is -1.78. The van der Waals surface area contributed by atoms with Crippen molar-refractivity contribution in [2.45, 2.75) is 0 Å². The second-order valence-corrected chi connectivity index (χ2v) is 0.834. The van der Waals surface area contributed by atoms with Crippen molar-refractivity contribution in [2.75, 3.05) is 0 Å². The van der Waals surface area contributed by atoms with E-state index in [1.807, 2.05) is 0 Å². The van der Waals surface area contributed by atoms with Gasteiger partial charge in [-0.3, -0.25) is 0 Å². The van der Waals surface area contributed by atoms with Crippen molar-refractivity contribution in [3.63, 3.8) is 0 Å². The Bertz CT molecular complexity index is 144. The molecule has 0 amide bonds. The number of carboxylic acids is 1. The van der Waals surface area contributed by atoms with Gasteiger partial charge in [-0.1, -0.05) is 0 Å². The Balaban J connectivity index is 3.90. The summed E-state index contributed by atoms with van der Waals surface area (Å²) in [6.45, 7) is 2.79. The van der Waals surface area contributed by atoms with Gasteiger partial charge in [-0.05, 0) is 6.58 Å². The lowest BCUT2D eigenvalue weighted by molar-refractivity contribution is -0.298. The van der Waals surface area contributed by atoms with Crippen LogP contribution in [0.4, 0.5) is 0 Å². The van der Waals surface area contributed by atoms with Crippen molar-refractivity contribution in [1.29, 1.82) is 5.39 Å². The van der Waals surface area contributed by atoms with Gasteiger partial charge in [0.05, 0.1) is 0 Å². The van der Waals surface area contributed by atoms with E-state index in [1.165, 1.54) is 0 Å². The standard InChI is InChI=1S/C3H2N2O2/c1-2(5-4)3(6)7/h1H2. The number of nitrogens with zero attached hydrogens (tertiary/aromatic N) is 2. The van der Waals surface area contributed by atoms with Gasteiger partial charge in [0.2, 0.25) is 5.39 Å². The average molecular weight is 98.1 g/mol. The van der Waals surface area contributed by atoms with Crippen LogP contribution in [0, 0.1) is 5.39 Å². The Labute approximate surface area is 39.7 Å². The molecule has 0 spiro atoms. The molecule has 36 valence electrons. The van der Waals surface area contributed by atoms with Crippen molar-refractivity contribution in [3.8, 4) is 0 Å². The van der Waals surface area contributed by atoms with Crippen LogP contribution in [-0.4, -0.2) is 5.97 Å². The molecule has 4 heteroatoms. The SMILES string of the molecule is C=C([N+]#N)C(=O)[O-]. The van der Waals surface area contributed by atoms with Crippen molar-refractivity contribution in [1.82, 2.24) is 0 Å². The Morgan fingerprint density at radius 1 is 1.86 bits per heavy atom. The van der Waals surface area contributed by atoms with Crippen LogP contribution in [0.2, 0.25) is 0 Å². The Morgan fingerprint density at radius 3 is 2.29 bits per heavy atom. The molecule has 0 atom stereocenters. The van der Waals surface area contributed by atoms with Crippen molar-refractivity contribution in [3.05, 3.63) is 17.3 Å². The molecular weight excluding hydrogens is 96.0 g/mol. The molecule has 0 fully saturated rings. The van der Waals surface area contributed by atoms with Crippen LogP contribution >= 0.6 is 0 Å². The molecule has 0 aromatic heterocycles. The third kappa shape index (κ3) is 1.49. The van der Waals surface area contributed by atoms with Crippen molar-refractivity contribution >= 4 is 5.97 Å². The van der Waals surface area contributed by atoms with E-state index in [2.05, 4.69) is 11.6 Å². The maximum Gasteiger partial charge on any atom is 0.400 e. The summed E-state index contributed by atoms with van der Waals surface area (Å²) in [7, 11) is 0. The number of hydrogen-bond donors (Lipinski definition) is 0. The summed E-state index contributed by atoms with van der Waals surface area (Å²) in [5, 5.41) is 17.1. The molecule has 0 unspecified atom stereocenters. The predicted octanol–water partition coefficient (Wildman–Crippen LogP) is -0.897. The van der Waals surface area contributed by atoms with E-state index in [-0.39, 0.29) is 0 Å². The summed E-state index contributed by atoms with van der Waals surface area (Å²) in [5.74, 6) is -1.57. The first-order valence-electron chi connectivity index (χ1n) is 1.44. The van der Waals surface area contributed by atoms with Crippen LogP contribution in [-0.2, 0) is 4.79 Å². The summed E-state index contributed by atoms with van der Waals surface area (Å²) in [4.78, 5) is 11.7. The summed E-state index contributed by atoms with van der Waals surface area (Å²) in [6, 6.07) is 0. The van der Waals surface area contributed by atoms with E-state index in [1.54, 1.807) is 0 Å². The quantitative estimate of drug-likeness (QED) is 0.315. The number of diazo groups is 1. The van der Waals surface area contributed by atoms with Gasteiger partial charge in [0.1, 0.15) is 0 Å². The van der Waals surface area contributed by atoms with E-state index < -0.39 is 11.7 Å². The molecule has 0 aliphatic carbocycles. The number of hydrogen-bond acceptors (Lipinski definition) is 3. The number of carboxylic acid groups (broad SMARTS) is 1. The van der Waals surface area contributed by atoms with Gasteiger partial charge < -0.3 is 9.90 Å². The maximum atomic E-state index is 9.47. The van der Waals surface area contributed by atoms with Crippen molar-refractivity contribution in [2.24, 2.45) is 0 Å². The molecule has 0 aliphatic rings. The Hall–Kier alpha value is -1.37.